The number of likely N-dealkylation sites (tertiary alicyclic amines) is 1. The maximum absolute atomic E-state index is 12.8. The third-order valence-electron chi connectivity index (χ3n) is 5.10. The van der Waals surface area contributed by atoms with E-state index in [4.69, 9.17) is 28.3 Å². The van der Waals surface area contributed by atoms with E-state index in [0.29, 0.717) is 48.0 Å². The first-order chi connectivity index (χ1) is 12.3. The van der Waals surface area contributed by atoms with Gasteiger partial charge in [0.25, 0.3) is 0 Å². The highest BCUT2D eigenvalue weighted by Crippen LogP contribution is 2.34. The number of amides is 2. The van der Waals surface area contributed by atoms with E-state index in [1.807, 2.05) is 0 Å². The number of halogens is 2. The quantitative estimate of drug-likeness (QED) is 0.812. The van der Waals surface area contributed by atoms with E-state index >= 15 is 0 Å². The number of anilines is 1. The number of carboxylic acids is 1. The Hall–Kier alpha value is -1.79. The summed E-state index contributed by atoms with van der Waals surface area (Å²) in [6.45, 7) is 0.515. The van der Waals surface area contributed by atoms with Crippen LogP contribution in [-0.4, -0.2) is 40.4 Å². The largest absolute Gasteiger partial charge is 0.481 e. The zero-order valence-corrected chi connectivity index (χ0v) is 15.6. The summed E-state index contributed by atoms with van der Waals surface area (Å²) < 4.78 is 0. The van der Waals surface area contributed by atoms with Crippen LogP contribution in [-0.2, 0) is 14.4 Å². The van der Waals surface area contributed by atoms with Crippen LogP contribution in [0.4, 0.5) is 5.69 Å². The average Bonchev–Trinajstić information content (AvgIpc) is 3.23. The molecule has 1 aromatic rings. The second-order valence-electron chi connectivity index (χ2n) is 6.88. The van der Waals surface area contributed by atoms with Gasteiger partial charge in [0.05, 0.1) is 5.92 Å². The van der Waals surface area contributed by atoms with Gasteiger partial charge in [0, 0.05) is 28.2 Å². The Balaban J connectivity index is 1.66. The minimum atomic E-state index is -0.853. The monoisotopic (exact) mass is 398 g/mol. The number of nitrogens with one attached hydrogen (secondary N) is 1. The van der Waals surface area contributed by atoms with Gasteiger partial charge in [0.15, 0.2) is 0 Å². The van der Waals surface area contributed by atoms with Gasteiger partial charge in [-0.1, -0.05) is 23.2 Å². The predicted molar refractivity (Wildman–Crippen MR) is 98.3 cm³/mol. The number of carbonyl (C=O) groups excluding carboxylic acids is 2. The van der Waals surface area contributed by atoms with Crippen molar-refractivity contribution in [1.29, 1.82) is 0 Å². The maximum atomic E-state index is 12.8. The first-order valence-electron chi connectivity index (χ1n) is 8.65. The molecule has 26 heavy (non-hydrogen) atoms. The summed E-state index contributed by atoms with van der Waals surface area (Å²) in [4.78, 5) is 38.2. The Kier molecular flexibility index (Phi) is 5.73. The summed E-state index contributed by atoms with van der Waals surface area (Å²) in [6, 6.07) is 4.22. The molecule has 0 radical (unpaired) electrons. The first-order valence-corrected chi connectivity index (χ1v) is 9.41. The van der Waals surface area contributed by atoms with Crippen LogP contribution >= 0.6 is 23.2 Å². The molecular weight excluding hydrogens is 379 g/mol. The number of hydrogen-bond acceptors (Lipinski definition) is 3. The molecule has 0 bridgehead atoms. The SMILES string of the molecule is O=C(Nc1cc(Cl)cc(Cl)c1)C1CCCN1C(=O)[C@H]1CC[C@@H](C(=O)O)C1. The fourth-order valence-electron chi connectivity index (χ4n) is 3.82. The van der Waals surface area contributed by atoms with Crippen LogP contribution in [0.5, 0.6) is 0 Å². The second-order valence-corrected chi connectivity index (χ2v) is 7.76. The molecule has 2 N–H and O–H groups in total. The number of benzene rings is 1. The Bertz CT molecular complexity index is 720. The summed E-state index contributed by atoms with van der Waals surface area (Å²) >= 11 is 11.9. The van der Waals surface area contributed by atoms with E-state index in [1.54, 1.807) is 23.1 Å². The van der Waals surface area contributed by atoms with Crippen molar-refractivity contribution in [2.24, 2.45) is 11.8 Å². The van der Waals surface area contributed by atoms with Gasteiger partial charge in [-0.15, -0.1) is 0 Å². The van der Waals surface area contributed by atoms with Gasteiger partial charge in [-0.2, -0.15) is 0 Å². The van der Waals surface area contributed by atoms with Crippen molar-refractivity contribution < 1.29 is 19.5 Å². The summed E-state index contributed by atoms with van der Waals surface area (Å²) in [7, 11) is 0. The molecule has 2 fully saturated rings. The molecule has 1 aromatic carbocycles. The molecule has 2 aliphatic rings. The molecule has 3 atom stereocenters. The van der Waals surface area contributed by atoms with Crippen molar-refractivity contribution in [3.8, 4) is 0 Å². The zero-order chi connectivity index (χ0) is 18.8. The Labute approximate surface area is 161 Å². The normalized spacial score (nSPS) is 25.3. The molecule has 3 rings (SSSR count). The molecule has 1 saturated heterocycles. The molecular formula is C18H20Cl2N2O4. The smallest absolute Gasteiger partial charge is 0.306 e. The van der Waals surface area contributed by atoms with E-state index in [0.717, 1.165) is 6.42 Å². The number of nitrogens with zero attached hydrogens (tertiary/aromatic N) is 1. The summed E-state index contributed by atoms with van der Waals surface area (Å²) in [5.74, 6) is -2.02. The van der Waals surface area contributed by atoms with Gasteiger partial charge in [-0.05, 0) is 50.3 Å². The highest BCUT2D eigenvalue weighted by Gasteiger charge is 2.41. The van der Waals surface area contributed by atoms with Crippen LogP contribution in [0.15, 0.2) is 18.2 Å². The predicted octanol–water partition coefficient (Wildman–Crippen LogP) is 3.42. The lowest BCUT2D eigenvalue weighted by molar-refractivity contribution is -0.142. The molecule has 8 heteroatoms. The van der Waals surface area contributed by atoms with Gasteiger partial charge in [-0.3, -0.25) is 14.4 Å². The van der Waals surface area contributed by atoms with Gasteiger partial charge in [0.1, 0.15) is 6.04 Å². The minimum absolute atomic E-state index is 0.115. The van der Waals surface area contributed by atoms with E-state index in [-0.39, 0.29) is 17.7 Å². The fourth-order valence-corrected chi connectivity index (χ4v) is 4.35. The molecule has 0 aromatic heterocycles. The first kappa shape index (κ1) is 19.0. The van der Waals surface area contributed by atoms with Gasteiger partial charge in [0.2, 0.25) is 11.8 Å². The Morgan fingerprint density at radius 3 is 2.31 bits per heavy atom. The van der Waals surface area contributed by atoms with E-state index in [9.17, 15) is 14.4 Å². The van der Waals surface area contributed by atoms with Crippen LogP contribution in [0.3, 0.4) is 0 Å². The highest BCUT2D eigenvalue weighted by atomic mass is 35.5. The summed E-state index contributed by atoms with van der Waals surface area (Å²) in [5, 5.41) is 12.7. The van der Waals surface area contributed by atoms with Crippen molar-refractivity contribution in [2.75, 3.05) is 11.9 Å². The molecule has 6 nitrogen and oxygen atoms in total. The summed E-state index contributed by atoms with van der Waals surface area (Å²) in [6.07, 6.45) is 2.75. The van der Waals surface area contributed by atoms with E-state index < -0.39 is 17.9 Å². The lowest BCUT2D eigenvalue weighted by Crippen LogP contribution is -2.45. The van der Waals surface area contributed by atoms with E-state index in [1.165, 1.54) is 0 Å². The van der Waals surface area contributed by atoms with Gasteiger partial charge in [-0.25, -0.2) is 0 Å². The number of carbonyl (C=O) groups is 3. The number of hydrogen-bond donors (Lipinski definition) is 2. The van der Waals surface area contributed by atoms with Crippen molar-refractivity contribution >= 4 is 46.7 Å². The van der Waals surface area contributed by atoms with Crippen LogP contribution < -0.4 is 5.32 Å². The standard InChI is InChI=1S/C18H20Cl2N2O4/c19-12-7-13(20)9-14(8-12)21-16(23)15-2-1-5-22(15)17(24)10-3-4-11(6-10)18(25)26/h7-11,15H,1-6H2,(H,21,23)(H,25,26)/t10-,11+,15?/m0/s1. The summed E-state index contributed by atoms with van der Waals surface area (Å²) in [5.41, 5.74) is 0.485. The topological polar surface area (TPSA) is 86.7 Å². The molecule has 2 amide bonds. The lowest BCUT2D eigenvalue weighted by atomic mass is 10.0. The Morgan fingerprint density at radius 1 is 1.04 bits per heavy atom. The Morgan fingerprint density at radius 2 is 1.69 bits per heavy atom. The number of rotatable bonds is 4. The van der Waals surface area contributed by atoms with Crippen LogP contribution in [0.1, 0.15) is 32.1 Å². The molecule has 0 spiro atoms. The van der Waals surface area contributed by atoms with E-state index in [2.05, 4.69) is 5.32 Å². The van der Waals surface area contributed by atoms with Crippen LogP contribution in [0.2, 0.25) is 10.0 Å². The third-order valence-corrected chi connectivity index (χ3v) is 5.54. The molecule has 1 aliphatic heterocycles. The van der Waals surface area contributed by atoms with Crippen molar-refractivity contribution in [1.82, 2.24) is 4.90 Å². The number of aliphatic carboxylic acids is 1. The fraction of sp³-hybridized carbons (Fsp3) is 0.500. The van der Waals surface area contributed by atoms with Crippen molar-refractivity contribution in [3.05, 3.63) is 28.2 Å². The second kappa shape index (κ2) is 7.84. The zero-order valence-electron chi connectivity index (χ0n) is 14.1. The molecule has 1 saturated carbocycles. The van der Waals surface area contributed by atoms with Gasteiger partial charge < -0.3 is 15.3 Å². The third kappa shape index (κ3) is 4.13. The van der Waals surface area contributed by atoms with Crippen LogP contribution in [0, 0.1) is 11.8 Å². The molecule has 1 aliphatic carbocycles. The van der Waals surface area contributed by atoms with Crippen molar-refractivity contribution in [2.45, 2.75) is 38.1 Å². The minimum Gasteiger partial charge on any atom is -0.481 e. The van der Waals surface area contributed by atoms with Crippen molar-refractivity contribution in [3.63, 3.8) is 0 Å². The van der Waals surface area contributed by atoms with Gasteiger partial charge >= 0.3 is 5.97 Å². The maximum Gasteiger partial charge on any atom is 0.306 e. The lowest BCUT2D eigenvalue weighted by Gasteiger charge is -2.26. The molecule has 140 valence electrons. The molecule has 1 heterocycles. The highest BCUT2D eigenvalue weighted by molar-refractivity contribution is 6.35. The van der Waals surface area contributed by atoms with Crippen LogP contribution in [0.25, 0.3) is 0 Å². The molecule has 1 unspecified atom stereocenters. The number of carboxylic acid groups (broad SMARTS) is 1. The average molecular weight is 399 g/mol.